The summed E-state index contributed by atoms with van der Waals surface area (Å²) in [6, 6.07) is 0. The normalized spacial score (nSPS) is 12.2. The van der Waals surface area contributed by atoms with Gasteiger partial charge in [-0.3, -0.25) is 0 Å². The molecule has 0 aromatic carbocycles. The Hall–Kier alpha value is -0.0131. The first kappa shape index (κ1) is 16.0. The summed E-state index contributed by atoms with van der Waals surface area (Å²) in [5.74, 6) is 0. The molecule has 0 aliphatic rings. The predicted molar refractivity (Wildman–Crippen MR) is 69.2 cm³/mol. The van der Waals surface area contributed by atoms with E-state index < -0.39 is 9.05 Å². The van der Waals surface area contributed by atoms with Crippen LogP contribution in [0.15, 0.2) is 0 Å². The van der Waals surface area contributed by atoms with Crippen LogP contribution in [0.25, 0.3) is 0 Å². The SMILES string of the molecule is CCC(=S)O[Si](OC)(OC(C)C)OC(C)C. The van der Waals surface area contributed by atoms with Crippen LogP contribution >= 0.6 is 12.2 Å². The molecule has 0 bridgehead atoms. The highest BCUT2D eigenvalue weighted by molar-refractivity contribution is 7.80. The van der Waals surface area contributed by atoms with Crippen LogP contribution in [-0.4, -0.2) is 33.4 Å². The minimum Gasteiger partial charge on any atom is -0.474 e. The van der Waals surface area contributed by atoms with Crippen LogP contribution in [-0.2, 0) is 17.7 Å². The van der Waals surface area contributed by atoms with Crippen molar-refractivity contribution in [2.75, 3.05) is 7.11 Å². The van der Waals surface area contributed by atoms with Crippen LogP contribution in [0.3, 0.4) is 0 Å². The van der Waals surface area contributed by atoms with Crippen molar-refractivity contribution in [3.8, 4) is 0 Å². The third-order valence-electron chi connectivity index (χ3n) is 1.54. The topological polar surface area (TPSA) is 36.9 Å². The molecule has 16 heavy (non-hydrogen) atoms. The molecule has 0 aliphatic heterocycles. The fraction of sp³-hybridized carbons (Fsp3) is 0.900. The van der Waals surface area contributed by atoms with Crippen molar-refractivity contribution in [2.45, 2.75) is 53.2 Å². The first-order valence-electron chi connectivity index (χ1n) is 5.47. The van der Waals surface area contributed by atoms with Crippen LogP contribution in [0, 0.1) is 0 Å². The minimum absolute atomic E-state index is 0.0370. The van der Waals surface area contributed by atoms with Gasteiger partial charge in [0.2, 0.25) is 0 Å². The average molecular weight is 266 g/mol. The van der Waals surface area contributed by atoms with Crippen LogP contribution in [0.1, 0.15) is 41.0 Å². The number of thiocarbonyl (C=S) groups is 1. The summed E-state index contributed by atoms with van der Waals surface area (Å²) in [5, 5.41) is 0.454. The van der Waals surface area contributed by atoms with Crippen LogP contribution in [0.4, 0.5) is 0 Å². The van der Waals surface area contributed by atoms with Crippen molar-refractivity contribution < 1.29 is 17.7 Å². The third-order valence-corrected chi connectivity index (χ3v) is 4.57. The van der Waals surface area contributed by atoms with Gasteiger partial charge in [-0.15, -0.1) is 0 Å². The van der Waals surface area contributed by atoms with E-state index in [1.807, 2.05) is 34.6 Å². The van der Waals surface area contributed by atoms with Gasteiger partial charge < -0.3 is 17.7 Å². The number of rotatable bonds is 7. The van der Waals surface area contributed by atoms with Gasteiger partial charge in [-0.25, -0.2) is 0 Å². The van der Waals surface area contributed by atoms with Crippen molar-refractivity contribution in [3.05, 3.63) is 0 Å². The van der Waals surface area contributed by atoms with E-state index in [0.29, 0.717) is 11.5 Å². The Balaban J connectivity index is 4.72. The molecule has 0 heterocycles. The zero-order valence-electron chi connectivity index (χ0n) is 10.9. The summed E-state index contributed by atoms with van der Waals surface area (Å²) in [7, 11) is -1.60. The zero-order valence-corrected chi connectivity index (χ0v) is 12.7. The number of hydrogen-bond donors (Lipinski definition) is 0. The summed E-state index contributed by atoms with van der Waals surface area (Å²) in [6.45, 7) is 9.54. The zero-order chi connectivity index (χ0) is 12.8. The van der Waals surface area contributed by atoms with E-state index in [-0.39, 0.29) is 12.2 Å². The molecule has 0 atom stereocenters. The fourth-order valence-corrected chi connectivity index (χ4v) is 3.31. The van der Waals surface area contributed by atoms with Crippen molar-refractivity contribution in [1.82, 2.24) is 0 Å². The molecule has 0 unspecified atom stereocenters. The molecule has 0 saturated carbocycles. The Labute approximate surface area is 105 Å². The first-order chi connectivity index (χ1) is 7.35. The lowest BCUT2D eigenvalue weighted by Gasteiger charge is -2.29. The van der Waals surface area contributed by atoms with Gasteiger partial charge in [-0.2, -0.15) is 0 Å². The van der Waals surface area contributed by atoms with Gasteiger partial charge in [-0.1, -0.05) is 6.92 Å². The van der Waals surface area contributed by atoms with E-state index in [9.17, 15) is 0 Å². The largest absolute Gasteiger partial charge is 0.750 e. The highest BCUT2D eigenvalue weighted by Crippen LogP contribution is 2.17. The lowest BCUT2D eigenvalue weighted by Crippen LogP contribution is -2.52. The Morgan fingerprint density at radius 1 is 1.12 bits per heavy atom. The van der Waals surface area contributed by atoms with E-state index in [1.165, 1.54) is 7.11 Å². The highest BCUT2D eigenvalue weighted by Gasteiger charge is 2.49. The van der Waals surface area contributed by atoms with Crippen LogP contribution in [0.5, 0.6) is 0 Å². The molecule has 0 amide bonds. The monoisotopic (exact) mass is 266 g/mol. The Bertz CT molecular complexity index is 211. The van der Waals surface area contributed by atoms with Gasteiger partial charge in [0.15, 0.2) is 0 Å². The lowest BCUT2D eigenvalue weighted by atomic mass is 10.5. The second-order valence-electron chi connectivity index (χ2n) is 3.86. The third kappa shape index (κ3) is 5.91. The molecule has 0 N–H and O–H groups in total. The first-order valence-corrected chi connectivity index (χ1v) is 7.52. The molecular weight excluding hydrogens is 244 g/mol. The summed E-state index contributed by atoms with van der Waals surface area (Å²) in [6.07, 6.45) is 0.561. The molecule has 0 radical (unpaired) electrons. The van der Waals surface area contributed by atoms with Crippen molar-refractivity contribution >= 4 is 26.3 Å². The molecule has 0 rings (SSSR count). The Morgan fingerprint density at radius 3 is 1.81 bits per heavy atom. The van der Waals surface area contributed by atoms with Gasteiger partial charge in [0.05, 0.1) is 0 Å². The van der Waals surface area contributed by atoms with Crippen molar-refractivity contribution in [1.29, 1.82) is 0 Å². The summed E-state index contributed by atoms with van der Waals surface area (Å²) in [5.41, 5.74) is 0. The molecule has 0 aliphatic carbocycles. The molecule has 0 fully saturated rings. The van der Waals surface area contributed by atoms with E-state index in [2.05, 4.69) is 0 Å². The Kier molecular flexibility index (Phi) is 7.33. The van der Waals surface area contributed by atoms with E-state index in [4.69, 9.17) is 29.9 Å². The predicted octanol–water partition coefficient (Wildman–Crippen LogP) is 2.67. The smallest absolute Gasteiger partial charge is 0.474 e. The molecule has 0 saturated heterocycles. The molecule has 0 spiro atoms. The molecule has 6 heteroatoms. The maximum atomic E-state index is 5.66. The van der Waals surface area contributed by atoms with E-state index in [1.54, 1.807) is 0 Å². The molecular formula is C10H22O4SSi. The van der Waals surface area contributed by atoms with Gasteiger partial charge in [0, 0.05) is 25.7 Å². The van der Waals surface area contributed by atoms with Gasteiger partial charge >= 0.3 is 9.05 Å². The van der Waals surface area contributed by atoms with Crippen LogP contribution < -0.4 is 0 Å². The van der Waals surface area contributed by atoms with Gasteiger partial charge in [0.1, 0.15) is 5.05 Å². The standard InChI is InChI=1S/C10H22O4SSi/c1-7-10(15)14-16(11-6,12-8(2)3)13-9(4)5/h8-9H,7H2,1-6H3. The average Bonchev–Trinajstić information content (AvgIpc) is 2.15. The van der Waals surface area contributed by atoms with E-state index in [0.717, 1.165) is 0 Å². The summed E-state index contributed by atoms with van der Waals surface area (Å²) < 4.78 is 22.2. The minimum atomic E-state index is -3.12. The number of hydrogen-bond acceptors (Lipinski definition) is 5. The second kappa shape index (κ2) is 7.34. The highest BCUT2D eigenvalue weighted by atomic mass is 32.1. The Morgan fingerprint density at radius 2 is 1.56 bits per heavy atom. The molecule has 0 aromatic rings. The van der Waals surface area contributed by atoms with Crippen LogP contribution in [0.2, 0.25) is 0 Å². The quantitative estimate of drug-likeness (QED) is 0.523. The fourth-order valence-electron chi connectivity index (χ4n) is 1.00. The second-order valence-corrected chi connectivity index (χ2v) is 6.40. The molecule has 4 nitrogen and oxygen atoms in total. The van der Waals surface area contributed by atoms with Gasteiger partial charge in [0.25, 0.3) is 0 Å². The summed E-state index contributed by atoms with van der Waals surface area (Å²) >= 11 is 5.05. The van der Waals surface area contributed by atoms with E-state index >= 15 is 0 Å². The molecule has 0 aromatic heterocycles. The maximum absolute atomic E-state index is 5.66. The van der Waals surface area contributed by atoms with Gasteiger partial charge in [-0.05, 0) is 39.9 Å². The lowest BCUT2D eigenvalue weighted by molar-refractivity contribution is -0.0237. The maximum Gasteiger partial charge on any atom is 0.750 e. The molecule has 96 valence electrons. The summed E-state index contributed by atoms with van der Waals surface area (Å²) in [4.78, 5) is 0. The van der Waals surface area contributed by atoms with Crippen molar-refractivity contribution in [2.24, 2.45) is 0 Å². The van der Waals surface area contributed by atoms with Crippen molar-refractivity contribution in [3.63, 3.8) is 0 Å².